The van der Waals surface area contributed by atoms with Crippen molar-refractivity contribution in [2.24, 2.45) is 0 Å². The molecule has 116 valence electrons. The highest BCUT2D eigenvalue weighted by Gasteiger charge is 2.17. The Morgan fingerprint density at radius 1 is 1.15 bits per heavy atom. The molecule has 5 heteroatoms. The summed E-state index contributed by atoms with van der Waals surface area (Å²) in [7, 11) is 2.77. The predicted molar refractivity (Wildman–Crippen MR) is 81.2 cm³/mol. The Hall–Kier alpha value is -1.78. The first-order chi connectivity index (χ1) is 9.51. The Bertz CT molecular complexity index is 420. The van der Waals surface area contributed by atoms with Gasteiger partial charge in [-0.3, -0.25) is 4.79 Å². The van der Waals surface area contributed by atoms with E-state index >= 15 is 0 Å². The molecule has 0 bridgehead atoms. The van der Waals surface area contributed by atoms with Crippen molar-refractivity contribution in [2.45, 2.75) is 41.5 Å². The number of anilines is 1. The first kappa shape index (κ1) is 20.5. The highest BCUT2D eigenvalue weighted by Crippen LogP contribution is 2.36. The highest BCUT2D eigenvalue weighted by atomic mass is 19.1. The minimum atomic E-state index is -0.536. The number of carbonyl (C=O) groups excluding carboxylic acids is 1. The largest absolute Gasteiger partial charge is 0.493 e. The molecule has 0 aliphatic rings. The quantitative estimate of drug-likeness (QED) is 0.908. The molecule has 0 aromatic heterocycles. The molecule has 0 fully saturated rings. The maximum atomic E-state index is 13.8. The van der Waals surface area contributed by atoms with Gasteiger partial charge in [0.1, 0.15) is 0 Å². The summed E-state index contributed by atoms with van der Waals surface area (Å²) in [6.45, 7) is 10.9. The Morgan fingerprint density at radius 2 is 1.65 bits per heavy atom. The zero-order valence-corrected chi connectivity index (χ0v) is 13.7. The zero-order valence-electron chi connectivity index (χ0n) is 13.7. The number of benzene rings is 1. The first-order valence-corrected chi connectivity index (χ1v) is 6.70. The molecular weight excluding hydrogens is 261 g/mol. The topological polar surface area (TPSA) is 47.6 Å². The van der Waals surface area contributed by atoms with Crippen LogP contribution in [0.2, 0.25) is 0 Å². The Kier molecular flexibility index (Phi) is 11.4. The lowest BCUT2D eigenvalue weighted by atomic mass is 10.1. The second kappa shape index (κ2) is 11.1. The van der Waals surface area contributed by atoms with Crippen molar-refractivity contribution in [3.8, 4) is 11.5 Å². The lowest BCUT2D eigenvalue weighted by Gasteiger charge is -2.14. The number of rotatable bonds is 3. The smallest absolute Gasteiger partial charge is 0.221 e. The molecular formula is C15H26FNO3. The van der Waals surface area contributed by atoms with Gasteiger partial charge in [-0.2, -0.15) is 0 Å². The van der Waals surface area contributed by atoms with Crippen LogP contribution in [0.5, 0.6) is 11.5 Å². The van der Waals surface area contributed by atoms with Gasteiger partial charge < -0.3 is 14.8 Å². The maximum absolute atomic E-state index is 13.8. The summed E-state index contributed by atoms with van der Waals surface area (Å²) in [6.07, 6.45) is 0. The van der Waals surface area contributed by atoms with E-state index in [1.807, 2.05) is 27.7 Å². The fourth-order valence-corrected chi connectivity index (χ4v) is 1.36. The van der Waals surface area contributed by atoms with Crippen molar-refractivity contribution in [3.63, 3.8) is 0 Å². The minimum absolute atomic E-state index is 0.0362. The van der Waals surface area contributed by atoms with E-state index in [4.69, 9.17) is 9.47 Å². The average Bonchev–Trinajstić information content (AvgIpc) is 2.47. The molecule has 0 unspecified atom stereocenters. The average molecular weight is 287 g/mol. The molecule has 1 aromatic rings. The van der Waals surface area contributed by atoms with E-state index in [1.54, 1.807) is 6.92 Å². The van der Waals surface area contributed by atoms with Gasteiger partial charge in [-0.1, -0.05) is 27.7 Å². The SMILES string of the molecule is CC.CC.COc1cc(NC(C)=O)c(C)c(F)c1OC. The molecule has 0 radical (unpaired) electrons. The Morgan fingerprint density at radius 3 is 2.00 bits per heavy atom. The van der Waals surface area contributed by atoms with Crippen molar-refractivity contribution in [1.29, 1.82) is 0 Å². The number of nitrogens with one attached hydrogen (secondary N) is 1. The molecule has 20 heavy (non-hydrogen) atoms. The number of halogens is 1. The van der Waals surface area contributed by atoms with Crippen LogP contribution in [-0.2, 0) is 4.79 Å². The van der Waals surface area contributed by atoms with Gasteiger partial charge in [0.15, 0.2) is 17.3 Å². The van der Waals surface area contributed by atoms with Crippen LogP contribution in [0, 0.1) is 12.7 Å². The van der Waals surface area contributed by atoms with E-state index in [9.17, 15) is 9.18 Å². The van der Waals surface area contributed by atoms with E-state index in [2.05, 4.69) is 5.32 Å². The molecule has 0 saturated carbocycles. The molecule has 0 spiro atoms. The molecule has 1 N–H and O–H groups in total. The molecule has 4 nitrogen and oxygen atoms in total. The standard InChI is InChI=1S/C11H14FNO3.2C2H6/c1-6-8(13-7(2)14)5-9(15-3)11(16-4)10(6)12;2*1-2/h5H,1-4H3,(H,13,14);2*1-2H3. The number of hydrogen-bond donors (Lipinski definition) is 1. The van der Waals surface area contributed by atoms with Crippen LogP contribution >= 0.6 is 0 Å². The number of methoxy groups -OCH3 is 2. The van der Waals surface area contributed by atoms with Crippen molar-refractivity contribution in [1.82, 2.24) is 0 Å². The Labute approximate surface area is 121 Å². The van der Waals surface area contributed by atoms with E-state index in [-0.39, 0.29) is 17.4 Å². The molecule has 1 rings (SSSR count). The fourth-order valence-electron chi connectivity index (χ4n) is 1.36. The van der Waals surface area contributed by atoms with E-state index < -0.39 is 5.82 Å². The van der Waals surface area contributed by atoms with Crippen molar-refractivity contribution in [2.75, 3.05) is 19.5 Å². The number of carbonyl (C=O) groups is 1. The van der Waals surface area contributed by atoms with Crippen LogP contribution in [-0.4, -0.2) is 20.1 Å². The zero-order chi connectivity index (χ0) is 16.3. The monoisotopic (exact) mass is 287 g/mol. The summed E-state index contributed by atoms with van der Waals surface area (Å²) >= 11 is 0. The number of ether oxygens (including phenoxy) is 2. The van der Waals surface area contributed by atoms with Gasteiger partial charge in [0, 0.05) is 18.6 Å². The molecule has 0 aliphatic carbocycles. The fraction of sp³-hybridized carbons (Fsp3) is 0.533. The van der Waals surface area contributed by atoms with Gasteiger partial charge in [0.25, 0.3) is 0 Å². The molecule has 1 aromatic carbocycles. The second-order valence-corrected chi connectivity index (χ2v) is 3.28. The minimum Gasteiger partial charge on any atom is -0.493 e. The normalized spacial score (nSPS) is 8.45. The van der Waals surface area contributed by atoms with Crippen LogP contribution in [0.1, 0.15) is 40.2 Å². The molecule has 0 saturated heterocycles. The lowest BCUT2D eigenvalue weighted by Crippen LogP contribution is -2.09. The third-order valence-corrected chi connectivity index (χ3v) is 2.17. The first-order valence-electron chi connectivity index (χ1n) is 6.70. The molecule has 0 atom stereocenters. The molecule has 0 heterocycles. The summed E-state index contributed by atoms with van der Waals surface area (Å²) in [4.78, 5) is 10.9. The van der Waals surface area contributed by atoms with E-state index in [0.29, 0.717) is 11.3 Å². The van der Waals surface area contributed by atoms with Gasteiger partial charge in [0.05, 0.1) is 19.9 Å². The van der Waals surface area contributed by atoms with Gasteiger partial charge in [-0.05, 0) is 6.92 Å². The maximum Gasteiger partial charge on any atom is 0.221 e. The van der Waals surface area contributed by atoms with Crippen LogP contribution in [0.15, 0.2) is 6.07 Å². The summed E-state index contributed by atoms with van der Waals surface area (Å²) in [6, 6.07) is 1.53. The van der Waals surface area contributed by atoms with Crippen LogP contribution in [0.4, 0.5) is 10.1 Å². The third kappa shape index (κ3) is 5.47. The highest BCUT2D eigenvalue weighted by molar-refractivity contribution is 5.90. The van der Waals surface area contributed by atoms with Crippen molar-refractivity contribution in [3.05, 3.63) is 17.4 Å². The third-order valence-electron chi connectivity index (χ3n) is 2.17. The van der Waals surface area contributed by atoms with Gasteiger partial charge >= 0.3 is 0 Å². The summed E-state index contributed by atoms with van der Waals surface area (Å²) < 4.78 is 23.7. The van der Waals surface area contributed by atoms with E-state index in [1.165, 1.54) is 27.2 Å². The van der Waals surface area contributed by atoms with Crippen LogP contribution in [0.3, 0.4) is 0 Å². The summed E-state index contributed by atoms with van der Waals surface area (Å²) in [5, 5.41) is 2.53. The van der Waals surface area contributed by atoms with Gasteiger partial charge in [-0.25, -0.2) is 4.39 Å². The second-order valence-electron chi connectivity index (χ2n) is 3.28. The van der Waals surface area contributed by atoms with Gasteiger partial charge in [-0.15, -0.1) is 0 Å². The van der Waals surface area contributed by atoms with Crippen molar-refractivity contribution >= 4 is 11.6 Å². The number of amides is 1. The Balaban J connectivity index is 0. The van der Waals surface area contributed by atoms with Crippen molar-refractivity contribution < 1.29 is 18.7 Å². The lowest BCUT2D eigenvalue weighted by molar-refractivity contribution is -0.114. The summed E-state index contributed by atoms with van der Waals surface area (Å²) in [5.74, 6) is -0.524. The molecule has 0 aliphatic heterocycles. The number of hydrogen-bond acceptors (Lipinski definition) is 3. The summed E-state index contributed by atoms with van der Waals surface area (Å²) in [5.41, 5.74) is 0.690. The van der Waals surface area contributed by atoms with Crippen LogP contribution in [0.25, 0.3) is 0 Å². The van der Waals surface area contributed by atoms with E-state index in [0.717, 1.165) is 0 Å². The van der Waals surface area contributed by atoms with Gasteiger partial charge in [0.2, 0.25) is 5.91 Å². The predicted octanol–water partition coefficient (Wildman–Crippen LogP) is 4.16. The molecule has 1 amide bonds. The van der Waals surface area contributed by atoms with Crippen LogP contribution < -0.4 is 14.8 Å².